The summed E-state index contributed by atoms with van der Waals surface area (Å²) in [5, 5.41) is 12.5. The van der Waals surface area contributed by atoms with Gasteiger partial charge in [-0.05, 0) is 164 Å². The van der Waals surface area contributed by atoms with Gasteiger partial charge in [0, 0.05) is 132 Å². The third-order valence-corrected chi connectivity index (χ3v) is 18.7. The van der Waals surface area contributed by atoms with E-state index in [1.54, 1.807) is 57.9 Å². The first-order valence-corrected chi connectivity index (χ1v) is 38.2. The zero-order valence-corrected chi connectivity index (χ0v) is 64.2. The van der Waals surface area contributed by atoms with Gasteiger partial charge in [-0.2, -0.15) is 8.42 Å². The van der Waals surface area contributed by atoms with Gasteiger partial charge in [-0.15, -0.1) is 0 Å². The molecule has 30 heteroatoms. The van der Waals surface area contributed by atoms with Crippen LogP contribution in [0.25, 0.3) is 32.7 Å². The number of aldehydes is 1. The Kier molecular flexibility index (Phi) is 29.9. The SMILES string of the molecule is CC(C)(C)OC(=O)NC1CCN(CCOS(C)(=O)=O)CC1.COc1ccc2ccc(=O)[nH]c2c1.COc1ccc2ccc(=O)n(CCN3CCC(NC(=O)OC(C)(C)C)CC3)c2c1.COc1ccc2ccc(=O)n(CCN3CCC(NCc4cc5c(cn4)OCCO5)CC3)c2c1.O=Cc1cc2c(cn1)OCCO2. The molecule has 0 radical (unpaired) electrons. The first-order valence-electron chi connectivity index (χ1n) is 36.4. The smallest absolute Gasteiger partial charge is 0.407 e. The number of nitrogens with one attached hydrogen (secondary N) is 4. The van der Waals surface area contributed by atoms with Crippen LogP contribution in [0.3, 0.4) is 0 Å². The van der Waals surface area contributed by atoms with Gasteiger partial charge in [-0.25, -0.2) is 14.6 Å². The molecule has 8 aromatic rings. The Morgan fingerprint density at radius 1 is 0.528 bits per heavy atom. The molecule has 2 amide bonds. The molecule has 584 valence electrons. The van der Waals surface area contributed by atoms with Crippen LogP contribution in [0.2, 0.25) is 0 Å². The average molecular weight is 1510 g/mol. The fourth-order valence-electron chi connectivity index (χ4n) is 12.6. The summed E-state index contributed by atoms with van der Waals surface area (Å²) < 4.78 is 78.0. The summed E-state index contributed by atoms with van der Waals surface area (Å²) in [6.45, 7) is 23.1. The van der Waals surface area contributed by atoms with Gasteiger partial charge in [0.05, 0.1) is 68.8 Å². The van der Waals surface area contributed by atoms with Gasteiger partial charge < -0.3 is 87.4 Å². The van der Waals surface area contributed by atoms with Crippen LogP contribution in [0.4, 0.5) is 9.59 Å². The highest BCUT2D eigenvalue weighted by Gasteiger charge is 2.27. The molecular formula is C78H103N11O18S. The maximum atomic E-state index is 12.5. The first kappa shape index (κ1) is 82.2. The van der Waals surface area contributed by atoms with Crippen molar-refractivity contribution < 1.29 is 69.6 Å². The van der Waals surface area contributed by atoms with E-state index in [4.69, 9.17) is 46.8 Å². The van der Waals surface area contributed by atoms with Gasteiger partial charge in [0.2, 0.25) is 5.56 Å². The summed E-state index contributed by atoms with van der Waals surface area (Å²) in [5.41, 5.74) is 2.88. The van der Waals surface area contributed by atoms with Crippen LogP contribution in [-0.2, 0) is 43.4 Å². The second-order valence-electron chi connectivity index (χ2n) is 28.5. The van der Waals surface area contributed by atoms with Gasteiger partial charge in [0.1, 0.15) is 60.6 Å². The van der Waals surface area contributed by atoms with Crippen LogP contribution in [0.15, 0.2) is 130 Å². The quantitative estimate of drug-likeness (QED) is 0.0435. The zero-order chi connectivity index (χ0) is 77.4. The Morgan fingerprint density at radius 3 is 1.41 bits per heavy atom. The molecule has 13 rings (SSSR count). The topological polar surface area (TPSA) is 326 Å². The minimum atomic E-state index is -3.37. The van der Waals surface area contributed by atoms with Gasteiger partial charge >= 0.3 is 12.2 Å². The number of aromatic amines is 1. The van der Waals surface area contributed by atoms with E-state index in [9.17, 15) is 37.2 Å². The van der Waals surface area contributed by atoms with Gasteiger partial charge in [-0.3, -0.25) is 28.3 Å². The van der Waals surface area contributed by atoms with E-state index in [2.05, 4.69) is 45.6 Å². The number of pyridine rings is 5. The molecular weight excluding hydrogens is 1410 g/mol. The summed E-state index contributed by atoms with van der Waals surface area (Å²) in [6.07, 6.45) is 9.75. The van der Waals surface area contributed by atoms with Crippen LogP contribution in [0, 0.1) is 0 Å². The summed E-state index contributed by atoms with van der Waals surface area (Å²) in [5.74, 6) is 4.96. The van der Waals surface area contributed by atoms with Crippen molar-refractivity contribution in [2.75, 3.05) is 120 Å². The van der Waals surface area contributed by atoms with Crippen LogP contribution in [0.5, 0.6) is 40.2 Å². The number of benzene rings is 3. The molecule has 4 N–H and O–H groups in total. The normalized spacial score (nSPS) is 15.8. The average Bonchev–Trinajstić information content (AvgIpc) is 0.805. The lowest BCUT2D eigenvalue weighted by molar-refractivity contribution is 0.0465. The minimum absolute atomic E-state index is 0.00719. The first-order chi connectivity index (χ1) is 51.7. The standard InChI is InChI=1S/C25H30N4O4.C22H31N3O4.C13H26N2O5S.C10H9NO2.C8H7NO3/c1-31-21-4-2-18-3-5-25(30)29(22(18)15-21)11-10-28-8-6-19(7-9-28)26-16-20-14-23-24(17-27-20)33-13-12-32-23;1-22(2,3)29-21(27)23-17-9-11-24(12-10-17)13-14-25-19-15-18(28-4)7-5-16(19)6-8-20(25)26;1-13(2,3)20-12(16)14-11-5-7-15(8-6-11)9-10-19-21(4,17)18;1-13-8-4-2-7-3-5-10(12)11-9(7)6-8;10-5-6-3-7-8(4-9-6)12-2-1-11-7/h2-5,14-15,17,19,26H,6-13,16H2,1H3;5-8,15,17H,9-14H2,1-4H3,(H,23,27);11H,5-10H2,1-4H3,(H,14,16);2-6H,1H3,(H,11,12);3-5H,1-2H2. The minimum Gasteiger partial charge on any atom is -0.497 e. The van der Waals surface area contributed by atoms with Crippen molar-refractivity contribution in [1.29, 1.82) is 0 Å². The van der Waals surface area contributed by atoms with Gasteiger partial charge in [-0.1, -0.05) is 0 Å². The van der Waals surface area contributed by atoms with E-state index in [0.29, 0.717) is 82.1 Å². The molecule has 3 aromatic carbocycles. The van der Waals surface area contributed by atoms with Crippen molar-refractivity contribution in [2.45, 2.75) is 129 Å². The molecule has 0 atom stereocenters. The maximum Gasteiger partial charge on any atom is 0.407 e. The molecule has 10 heterocycles. The molecule has 0 bridgehead atoms. The van der Waals surface area contributed by atoms with E-state index in [1.807, 2.05) is 117 Å². The lowest BCUT2D eigenvalue weighted by atomic mass is 10.0. The largest absolute Gasteiger partial charge is 0.497 e. The number of ether oxygens (including phenoxy) is 9. The number of rotatable bonds is 19. The molecule has 5 aliphatic rings. The molecule has 0 saturated carbocycles. The van der Waals surface area contributed by atoms with Crippen molar-refractivity contribution in [2.24, 2.45) is 0 Å². The third-order valence-electron chi connectivity index (χ3n) is 18.2. The van der Waals surface area contributed by atoms with Crippen molar-refractivity contribution >= 4 is 61.3 Å². The predicted molar refractivity (Wildman–Crippen MR) is 411 cm³/mol. The van der Waals surface area contributed by atoms with Crippen LogP contribution in [0.1, 0.15) is 96.2 Å². The lowest BCUT2D eigenvalue weighted by Gasteiger charge is -2.33. The predicted octanol–water partition coefficient (Wildman–Crippen LogP) is 8.58. The molecule has 5 aromatic heterocycles. The Balaban J connectivity index is 0.000000164. The number of nitrogens with zero attached hydrogens (tertiary/aromatic N) is 7. The van der Waals surface area contributed by atoms with Crippen LogP contribution >= 0.6 is 0 Å². The Bertz CT molecular complexity index is 4590. The maximum absolute atomic E-state index is 12.5. The fraction of sp³-hybridized carbons (Fsp3) is 0.487. The fourth-order valence-corrected chi connectivity index (χ4v) is 13.0. The number of carbonyl (C=O) groups is 3. The molecule has 3 fully saturated rings. The Labute approximate surface area is 629 Å². The van der Waals surface area contributed by atoms with E-state index >= 15 is 0 Å². The van der Waals surface area contributed by atoms with E-state index < -0.39 is 21.3 Å². The van der Waals surface area contributed by atoms with Gasteiger partial charge in [0.15, 0.2) is 29.3 Å². The molecule has 0 spiro atoms. The summed E-state index contributed by atoms with van der Waals surface area (Å²) in [7, 11) is 1.50. The summed E-state index contributed by atoms with van der Waals surface area (Å²) in [6, 6.07) is 31.7. The molecule has 3 saturated heterocycles. The number of methoxy groups -OCH3 is 3. The van der Waals surface area contributed by atoms with Crippen molar-refractivity contribution in [3.8, 4) is 40.2 Å². The highest BCUT2D eigenvalue weighted by atomic mass is 32.2. The second-order valence-corrected chi connectivity index (χ2v) is 30.2. The summed E-state index contributed by atoms with van der Waals surface area (Å²) >= 11 is 0. The van der Waals surface area contributed by atoms with Crippen molar-refractivity contribution in [3.05, 3.63) is 158 Å². The van der Waals surface area contributed by atoms with Gasteiger partial charge in [0.25, 0.3) is 21.2 Å². The summed E-state index contributed by atoms with van der Waals surface area (Å²) in [4.78, 5) is 87.8. The van der Waals surface area contributed by atoms with E-state index in [-0.39, 0.29) is 47.6 Å². The third kappa shape index (κ3) is 26.2. The monoisotopic (exact) mass is 1510 g/mol. The molecule has 0 aliphatic carbocycles. The number of alkyl carbamates (subject to hydrolysis) is 2. The number of H-pyrrole nitrogens is 1. The molecule has 5 aliphatic heterocycles. The number of likely N-dealkylation sites (tertiary alicyclic amines) is 3. The van der Waals surface area contributed by atoms with Crippen molar-refractivity contribution in [1.82, 2.24) is 54.7 Å². The number of piperidine rings is 3. The number of carbonyl (C=O) groups excluding carboxylic acids is 3. The van der Waals surface area contributed by atoms with Crippen molar-refractivity contribution in [3.63, 3.8) is 0 Å². The zero-order valence-electron chi connectivity index (χ0n) is 63.4. The molecule has 29 nitrogen and oxygen atoms in total. The van der Waals surface area contributed by atoms with E-state index in [1.165, 1.54) is 12.3 Å². The van der Waals surface area contributed by atoms with Crippen LogP contribution in [-0.4, -0.2) is 215 Å². The highest BCUT2D eigenvalue weighted by molar-refractivity contribution is 7.86. The highest BCUT2D eigenvalue weighted by Crippen LogP contribution is 2.31. The second kappa shape index (κ2) is 39.3. The Hall–Kier alpha value is -9.85. The van der Waals surface area contributed by atoms with Crippen LogP contribution < -0.4 is 65.8 Å². The molecule has 108 heavy (non-hydrogen) atoms. The lowest BCUT2D eigenvalue weighted by Crippen LogP contribution is -2.46. The molecule has 0 unspecified atom stereocenters. The number of aromatic nitrogens is 5. The van der Waals surface area contributed by atoms with E-state index in [0.717, 1.165) is 164 Å². The number of hydrogen-bond acceptors (Lipinski definition) is 24. The number of hydrogen-bond donors (Lipinski definition) is 4. The number of fused-ring (bicyclic) bond motifs is 5. The Morgan fingerprint density at radius 2 is 0.944 bits per heavy atom. The number of amides is 2.